The topological polar surface area (TPSA) is 43.4 Å². The van der Waals surface area contributed by atoms with E-state index < -0.39 is 0 Å². The van der Waals surface area contributed by atoms with Gasteiger partial charge in [0.2, 0.25) is 0 Å². The summed E-state index contributed by atoms with van der Waals surface area (Å²) in [5.41, 5.74) is 0. The smallest absolute Gasteiger partial charge is 0.305 e. The third-order valence-electron chi connectivity index (χ3n) is 2.10. The van der Waals surface area contributed by atoms with Gasteiger partial charge in [-0.05, 0) is 19.3 Å². The first-order chi connectivity index (χ1) is 5.15. The highest BCUT2D eigenvalue weighted by atomic mass is 16.5. The molecule has 1 aliphatic rings. The molecule has 1 saturated carbocycles. The molecule has 3 nitrogen and oxygen atoms in total. The Labute approximate surface area is 65.7 Å². The number of ether oxygens (including phenoxy) is 1. The van der Waals surface area contributed by atoms with E-state index in [1.807, 2.05) is 0 Å². The normalized spacial score (nSPS) is 27.8. The van der Waals surface area contributed by atoms with Crippen molar-refractivity contribution in [3.63, 3.8) is 0 Å². The van der Waals surface area contributed by atoms with Crippen molar-refractivity contribution in [2.24, 2.45) is 11.8 Å². The van der Waals surface area contributed by atoms with Gasteiger partial charge < -0.3 is 4.74 Å². The second-order valence-electron chi connectivity index (χ2n) is 2.99. The molecule has 3 heteroatoms. The van der Waals surface area contributed by atoms with Crippen LogP contribution in [0, 0.1) is 11.8 Å². The Balaban J connectivity index is 2.23. The minimum atomic E-state index is -0.209. The van der Waals surface area contributed by atoms with Crippen molar-refractivity contribution in [1.29, 1.82) is 0 Å². The van der Waals surface area contributed by atoms with Gasteiger partial charge in [0.1, 0.15) is 5.78 Å². The van der Waals surface area contributed by atoms with Gasteiger partial charge in [0.05, 0.1) is 7.11 Å². The van der Waals surface area contributed by atoms with E-state index in [-0.39, 0.29) is 23.6 Å². The third kappa shape index (κ3) is 2.03. The molecule has 0 N–H and O–H groups in total. The van der Waals surface area contributed by atoms with E-state index >= 15 is 0 Å². The van der Waals surface area contributed by atoms with Gasteiger partial charge in [0, 0.05) is 12.3 Å². The molecule has 1 fully saturated rings. The summed E-state index contributed by atoms with van der Waals surface area (Å²) in [6.07, 6.45) is 1.27. The lowest BCUT2D eigenvalue weighted by atomic mass is 10.2. The van der Waals surface area contributed by atoms with E-state index in [0.717, 1.165) is 6.42 Å². The molecule has 0 saturated heterocycles. The Bertz CT molecular complexity index is 186. The van der Waals surface area contributed by atoms with E-state index in [9.17, 15) is 9.59 Å². The van der Waals surface area contributed by atoms with Gasteiger partial charge in [-0.15, -0.1) is 0 Å². The molecule has 1 rings (SSSR count). The van der Waals surface area contributed by atoms with Crippen LogP contribution in [-0.2, 0) is 14.3 Å². The van der Waals surface area contributed by atoms with Gasteiger partial charge in [-0.2, -0.15) is 0 Å². The van der Waals surface area contributed by atoms with E-state index in [1.165, 1.54) is 7.11 Å². The molecule has 0 aromatic carbocycles. The summed E-state index contributed by atoms with van der Waals surface area (Å²) in [5.74, 6) is 0.381. The molecule has 0 unspecified atom stereocenters. The predicted molar refractivity (Wildman–Crippen MR) is 38.9 cm³/mol. The predicted octanol–water partition coefficient (Wildman–Crippen LogP) is 0.775. The van der Waals surface area contributed by atoms with Crippen LogP contribution in [0.5, 0.6) is 0 Å². The minimum Gasteiger partial charge on any atom is -0.469 e. The van der Waals surface area contributed by atoms with E-state index in [4.69, 9.17) is 0 Å². The summed E-state index contributed by atoms with van der Waals surface area (Å²) >= 11 is 0. The molecule has 2 atom stereocenters. The van der Waals surface area contributed by atoms with Crippen LogP contribution in [0.1, 0.15) is 19.8 Å². The monoisotopic (exact) mass is 156 g/mol. The number of hydrogen-bond donors (Lipinski definition) is 0. The van der Waals surface area contributed by atoms with Crippen LogP contribution in [0.2, 0.25) is 0 Å². The summed E-state index contributed by atoms with van der Waals surface area (Å²) in [6.45, 7) is 1.57. The molecule has 0 amide bonds. The molecule has 0 aromatic rings. The number of rotatable bonds is 3. The maximum absolute atomic E-state index is 10.7. The van der Waals surface area contributed by atoms with Crippen molar-refractivity contribution in [2.75, 3.05) is 7.11 Å². The first-order valence-corrected chi connectivity index (χ1v) is 3.72. The Morgan fingerprint density at radius 2 is 2.18 bits per heavy atom. The first kappa shape index (κ1) is 8.24. The van der Waals surface area contributed by atoms with Crippen LogP contribution in [0.3, 0.4) is 0 Å². The van der Waals surface area contributed by atoms with Gasteiger partial charge in [-0.1, -0.05) is 0 Å². The van der Waals surface area contributed by atoms with Gasteiger partial charge in [-0.25, -0.2) is 0 Å². The van der Waals surface area contributed by atoms with Gasteiger partial charge in [0.25, 0.3) is 0 Å². The zero-order chi connectivity index (χ0) is 8.43. The average molecular weight is 156 g/mol. The molecular weight excluding hydrogens is 144 g/mol. The zero-order valence-corrected chi connectivity index (χ0v) is 6.79. The van der Waals surface area contributed by atoms with Gasteiger partial charge >= 0.3 is 5.97 Å². The molecule has 11 heavy (non-hydrogen) atoms. The Morgan fingerprint density at radius 3 is 2.55 bits per heavy atom. The molecule has 0 spiro atoms. The molecule has 0 heterocycles. The van der Waals surface area contributed by atoms with Crippen molar-refractivity contribution >= 4 is 11.8 Å². The van der Waals surface area contributed by atoms with Crippen molar-refractivity contribution < 1.29 is 14.3 Å². The fourth-order valence-electron chi connectivity index (χ4n) is 1.27. The molecule has 0 bridgehead atoms. The van der Waals surface area contributed by atoms with Crippen molar-refractivity contribution in [2.45, 2.75) is 19.8 Å². The van der Waals surface area contributed by atoms with Gasteiger partial charge in [0.15, 0.2) is 0 Å². The average Bonchev–Trinajstić information content (AvgIpc) is 2.67. The summed E-state index contributed by atoms with van der Waals surface area (Å²) < 4.78 is 4.48. The van der Waals surface area contributed by atoms with Crippen LogP contribution in [-0.4, -0.2) is 18.9 Å². The number of hydrogen-bond acceptors (Lipinski definition) is 3. The fourth-order valence-corrected chi connectivity index (χ4v) is 1.27. The summed E-state index contributed by atoms with van der Waals surface area (Å²) in [5, 5.41) is 0. The standard InChI is InChI=1S/C8H12O3/c1-5(9)7-3-6(7)4-8(10)11-2/h6-7H,3-4H2,1-2H3/t6-,7+/m1/s1. The third-order valence-corrected chi connectivity index (χ3v) is 2.10. The minimum absolute atomic E-state index is 0.133. The van der Waals surface area contributed by atoms with E-state index in [0.29, 0.717) is 6.42 Å². The number of ketones is 1. The second kappa shape index (κ2) is 3.03. The molecule has 0 aromatic heterocycles. The van der Waals surface area contributed by atoms with Gasteiger partial charge in [-0.3, -0.25) is 9.59 Å². The second-order valence-corrected chi connectivity index (χ2v) is 2.99. The molecular formula is C8H12O3. The van der Waals surface area contributed by atoms with Crippen LogP contribution in [0.25, 0.3) is 0 Å². The largest absolute Gasteiger partial charge is 0.469 e. The van der Waals surface area contributed by atoms with E-state index in [2.05, 4.69) is 4.74 Å². The Morgan fingerprint density at radius 1 is 1.55 bits per heavy atom. The summed E-state index contributed by atoms with van der Waals surface area (Å²) in [7, 11) is 1.37. The summed E-state index contributed by atoms with van der Waals surface area (Å²) in [6, 6.07) is 0. The lowest BCUT2D eigenvalue weighted by Gasteiger charge is -1.95. The zero-order valence-electron chi connectivity index (χ0n) is 6.79. The number of Topliss-reactive ketones (excluding diaryl/α,β-unsaturated/α-hetero) is 1. The summed E-state index contributed by atoms with van der Waals surface area (Å²) in [4.78, 5) is 21.4. The number of esters is 1. The highest BCUT2D eigenvalue weighted by Gasteiger charge is 2.41. The quantitative estimate of drug-likeness (QED) is 0.567. The first-order valence-electron chi connectivity index (χ1n) is 3.72. The lowest BCUT2D eigenvalue weighted by Crippen LogP contribution is -2.03. The number of methoxy groups -OCH3 is 1. The Kier molecular flexibility index (Phi) is 2.27. The van der Waals surface area contributed by atoms with Crippen LogP contribution >= 0.6 is 0 Å². The van der Waals surface area contributed by atoms with Crippen LogP contribution in [0.4, 0.5) is 0 Å². The van der Waals surface area contributed by atoms with Crippen molar-refractivity contribution in [3.05, 3.63) is 0 Å². The molecule has 62 valence electrons. The fraction of sp³-hybridized carbons (Fsp3) is 0.750. The SMILES string of the molecule is COC(=O)C[C@H]1C[C@H]1C(C)=O. The number of carbonyl (C=O) groups is 2. The maximum atomic E-state index is 10.7. The lowest BCUT2D eigenvalue weighted by molar-refractivity contribution is -0.141. The van der Waals surface area contributed by atoms with Crippen LogP contribution in [0.15, 0.2) is 0 Å². The molecule has 1 aliphatic carbocycles. The van der Waals surface area contributed by atoms with Crippen molar-refractivity contribution in [1.82, 2.24) is 0 Å². The highest BCUT2D eigenvalue weighted by molar-refractivity contribution is 5.82. The maximum Gasteiger partial charge on any atom is 0.305 e. The Hall–Kier alpha value is -0.860. The van der Waals surface area contributed by atoms with Crippen LogP contribution < -0.4 is 0 Å². The van der Waals surface area contributed by atoms with E-state index in [1.54, 1.807) is 6.92 Å². The molecule has 0 aliphatic heterocycles. The molecule has 0 radical (unpaired) electrons. The number of carbonyl (C=O) groups excluding carboxylic acids is 2. The van der Waals surface area contributed by atoms with Crippen molar-refractivity contribution in [3.8, 4) is 0 Å². The highest BCUT2D eigenvalue weighted by Crippen LogP contribution is 2.41.